The Labute approximate surface area is 47.6 Å². The fraction of sp³-hybridized carbons (Fsp3) is 0.400. The van der Waals surface area contributed by atoms with Crippen LogP contribution in [-0.4, -0.2) is 18.2 Å². The van der Waals surface area contributed by atoms with Crippen LogP contribution in [0.4, 0.5) is 0 Å². The minimum Gasteiger partial charge on any atom is -0.504 e. The summed E-state index contributed by atoms with van der Waals surface area (Å²) in [5.41, 5.74) is 0.201. The van der Waals surface area contributed by atoms with Gasteiger partial charge in [-0.05, 0) is 6.92 Å². The number of rotatable bonds is 2. The molecule has 8 heavy (non-hydrogen) atoms. The zero-order chi connectivity index (χ0) is 6.57. The molecule has 46 valence electrons. The monoisotopic (exact) mass is 116 g/mol. The topological polar surface area (TPSA) is 46.5 Å². The fourth-order valence-corrected chi connectivity index (χ4v) is 0.227. The minimum absolute atomic E-state index is 0.201. The van der Waals surface area contributed by atoms with Crippen LogP contribution in [0.15, 0.2) is 11.8 Å². The van der Waals surface area contributed by atoms with Crippen molar-refractivity contribution in [3.8, 4) is 0 Å². The van der Waals surface area contributed by atoms with Gasteiger partial charge in [0.25, 0.3) is 0 Å². The molecule has 0 aromatic carbocycles. The van der Waals surface area contributed by atoms with E-state index in [1.807, 2.05) is 0 Å². The summed E-state index contributed by atoms with van der Waals surface area (Å²) in [4.78, 5) is 9.94. The van der Waals surface area contributed by atoms with E-state index in [0.29, 0.717) is 0 Å². The lowest BCUT2D eigenvalue weighted by Gasteiger charge is -1.89. The number of carboxylic acids is 1. The summed E-state index contributed by atoms with van der Waals surface area (Å²) in [6, 6.07) is 0. The van der Waals surface area contributed by atoms with Gasteiger partial charge < -0.3 is 9.84 Å². The van der Waals surface area contributed by atoms with Crippen molar-refractivity contribution in [1.29, 1.82) is 0 Å². The van der Waals surface area contributed by atoms with Crippen LogP contribution < -0.4 is 0 Å². The molecule has 3 heteroatoms. The van der Waals surface area contributed by atoms with Gasteiger partial charge in [0.2, 0.25) is 0 Å². The predicted molar refractivity (Wildman–Crippen MR) is 28.4 cm³/mol. The number of aliphatic carboxylic acids is 1. The molecule has 0 aliphatic rings. The first-order valence-electron chi connectivity index (χ1n) is 2.11. The molecule has 3 nitrogen and oxygen atoms in total. The summed E-state index contributed by atoms with van der Waals surface area (Å²) in [5, 5.41) is 8.16. The van der Waals surface area contributed by atoms with Crippen LogP contribution in [-0.2, 0) is 9.53 Å². The van der Waals surface area contributed by atoms with Gasteiger partial charge in [-0.25, -0.2) is 4.79 Å². The molecule has 0 spiro atoms. The van der Waals surface area contributed by atoms with Crippen molar-refractivity contribution in [3.05, 3.63) is 11.8 Å². The Morgan fingerprint density at radius 2 is 2.25 bits per heavy atom. The van der Waals surface area contributed by atoms with Crippen molar-refractivity contribution in [2.24, 2.45) is 0 Å². The number of ether oxygens (including phenoxy) is 1. The van der Waals surface area contributed by atoms with Crippen molar-refractivity contribution in [2.45, 2.75) is 6.92 Å². The van der Waals surface area contributed by atoms with Crippen LogP contribution in [0.1, 0.15) is 6.92 Å². The van der Waals surface area contributed by atoms with Crippen LogP contribution in [0.3, 0.4) is 0 Å². The van der Waals surface area contributed by atoms with Crippen LogP contribution in [0, 0.1) is 0 Å². The molecule has 0 saturated heterocycles. The zero-order valence-corrected chi connectivity index (χ0v) is 4.84. The van der Waals surface area contributed by atoms with Gasteiger partial charge >= 0.3 is 5.97 Å². The summed E-state index contributed by atoms with van der Waals surface area (Å²) < 4.78 is 4.42. The highest BCUT2D eigenvalue weighted by Crippen LogP contribution is 1.89. The van der Waals surface area contributed by atoms with Crippen molar-refractivity contribution < 1.29 is 14.6 Å². The zero-order valence-electron chi connectivity index (χ0n) is 4.84. The normalized spacial score (nSPS) is 11.0. The largest absolute Gasteiger partial charge is 0.504 e. The van der Waals surface area contributed by atoms with Gasteiger partial charge in [-0.2, -0.15) is 0 Å². The highest BCUT2D eigenvalue weighted by atomic mass is 16.5. The van der Waals surface area contributed by atoms with Crippen LogP contribution in [0.25, 0.3) is 0 Å². The number of carboxylic acid groups (broad SMARTS) is 1. The summed E-state index contributed by atoms with van der Waals surface area (Å²) in [6.07, 6.45) is 1.18. The average Bonchev–Trinajstić information content (AvgIpc) is 1.67. The Hall–Kier alpha value is -0.990. The third-order valence-corrected chi connectivity index (χ3v) is 0.632. The minimum atomic E-state index is -0.952. The average molecular weight is 116 g/mol. The van der Waals surface area contributed by atoms with E-state index >= 15 is 0 Å². The second kappa shape index (κ2) is 3.07. The predicted octanol–water partition coefficient (Wildman–Crippen LogP) is 0.621. The first kappa shape index (κ1) is 7.01. The van der Waals surface area contributed by atoms with Crippen molar-refractivity contribution in [3.63, 3.8) is 0 Å². The van der Waals surface area contributed by atoms with E-state index in [1.54, 1.807) is 0 Å². The molecule has 0 fully saturated rings. The van der Waals surface area contributed by atoms with Gasteiger partial charge in [0.05, 0.1) is 18.9 Å². The standard InChI is InChI=1S/C5H8O3/c1-4(3-8-2)5(6)7/h3H,1-2H3,(H,6,7)/b4-3-. The molecule has 1 N–H and O–H groups in total. The highest BCUT2D eigenvalue weighted by molar-refractivity contribution is 5.85. The van der Waals surface area contributed by atoms with Crippen LogP contribution in [0.5, 0.6) is 0 Å². The van der Waals surface area contributed by atoms with E-state index in [1.165, 1.54) is 20.3 Å². The van der Waals surface area contributed by atoms with Gasteiger partial charge in [-0.1, -0.05) is 0 Å². The Morgan fingerprint density at radius 1 is 1.75 bits per heavy atom. The number of carbonyl (C=O) groups is 1. The molecule has 0 atom stereocenters. The van der Waals surface area contributed by atoms with E-state index in [-0.39, 0.29) is 5.57 Å². The van der Waals surface area contributed by atoms with Gasteiger partial charge in [-0.3, -0.25) is 0 Å². The maximum Gasteiger partial charge on any atom is 0.334 e. The highest BCUT2D eigenvalue weighted by Gasteiger charge is 1.96. The summed E-state index contributed by atoms with van der Waals surface area (Å²) in [7, 11) is 1.41. The van der Waals surface area contributed by atoms with E-state index < -0.39 is 5.97 Å². The lowest BCUT2D eigenvalue weighted by Crippen LogP contribution is -1.95. The molecule has 0 radical (unpaired) electrons. The molecular formula is C5H8O3. The Morgan fingerprint density at radius 3 is 2.38 bits per heavy atom. The van der Waals surface area contributed by atoms with Crippen molar-refractivity contribution in [2.75, 3.05) is 7.11 Å². The lowest BCUT2D eigenvalue weighted by atomic mass is 10.4. The second-order valence-corrected chi connectivity index (χ2v) is 1.34. The number of hydrogen-bond acceptors (Lipinski definition) is 2. The molecule has 0 saturated carbocycles. The summed E-state index contributed by atoms with van der Waals surface area (Å²) in [5.74, 6) is -0.952. The van der Waals surface area contributed by atoms with E-state index in [4.69, 9.17) is 5.11 Å². The Kier molecular flexibility index (Phi) is 2.69. The third kappa shape index (κ3) is 2.23. The maximum atomic E-state index is 9.94. The molecule has 0 aromatic rings. The molecule has 0 rings (SSSR count). The smallest absolute Gasteiger partial charge is 0.334 e. The van der Waals surface area contributed by atoms with Crippen molar-refractivity contribution in [1.82, 2.24) is 0 Å². The molecule has 0 aliphatic carbocycles. The molecular weight excluding hydrogens is 108 g/mol. The molecule has 0 unspecified atom stereocenters. The summed E-state index contributed by atoms with van der Waals surface area (Å²) in [6.45, 7) is 1.46. The van der Waals surface area contributed by atoms with E-state index in [0.717, 1.165) is 0 Å². The van der Waals surface area contributed by atoms with Gasteiger partial charge in [-0.15, -0.1) is 0 Å². The van der Waals surface area contributed by atoms with Crippen molar-refractivity contribution >= 4 is 5.97 Å². The van der Waals surface area contributed by atoms with Gasteiger partial charge in [0.15, 0.2) is 0 Å². The Bertz CT molecular complexity index is 115. The Balaban J connectivity index is 3.80. The SMILES string of the molecule is CO/C=C(/C)C(=O)O. The fourth-order valence-electron chi connectivity index (χ4n) is 0.227. The maximum absolute atomic E-state index is 9.94. The van der Waals surface area contributed by atoms with Gasteiger partial charge in [0.1, 0.15) is 0 Å². The molecule has 0 bridgehead atoms. The van der Waals surface area contributed by atoms with Gasteiger partial charge in [0, 0.05) is 0 Å². The van der Waals surface area contributed by atoms with E-state index in [9.17, 15) is 4.79 Å². The molecule has 0 heterocycles. The third-order valence-electron chi connectivity index (χ3n) is 0.632. The lowest BCUT2D eigenvalue weighted by molar-refractivity contribution is -0.132. The van der Waals surface area contributed by atoms with Crippen LogP contribution in [0.2, 0.25) is 0 Å². The quantitative estimate of drug-likeness (QED) is 0.425. The molecule has 0 amide bonds. The number of hydrogen-bond donors (Lipinski definition) is 1. The summed E-state index contributed by atoms with van der Waals surface area (Å²) >= 11 is 0. The molecule has 0 aromatic heterocycles. The molecule has 0 aliphatic heterocycles. The van der Waals surface area contributed by atoms with E-state index in [2.05, 4.69) is 4.74 Å². The second-order valence-electron chi connectivity index (χ2n) is 1.34. The first-order chi connectivity index (χ1) is 3.68. The first-order valence-corrected chi connectivity index (χ1v) is 2.11. The van der Waals surface area contributed by atoms with Crippen LogP contribution >= 0.6 is 0 Å². The number of methoxy groups -OCH3 is 1.